The monoisotopic (exact) mass is 890 g/mol. The second-order valence-corrected chi connectivity index (χ2v) is 18.7. The fourth-order valence-corrected chi connectivity index (χ4v) is 12.3. The highest BCUT2D eigenvalue weighted by molar-refractivity contribution is 6.13. The molecule has 0 fully saturated rings. The fourth-order valence-electron chi connectivity index (χ4n) is 12.3. The van der Waals surface area contributed by atoms with Crippen molar-refractivity contribution in [3.05, 3.63) is 277 Å². The molecule has 0 amide bonds. The molecular weight excluding hydrogens is 849 g/mol. The van der Waals surface area contributed by atoms with Crippen LogP contribution in [-0.2, 0) is 5.41 Å². The number of aromatic nitrogens is 1. The Morgan fingerprint density at radius 2 is 0.957 bits per heavy atom. The largest absolute Gasteiger partial charge is 0.455 e. The van der Waals surface area contributed by atoms with Gasteiger partial charge in [0.25, 0.3) is 0 Å². The Morgan fingerprint density at radius 3 is 1.86 bits per heavy atom. The van der Waals surface area contributed by atoms with E-state index in [0.717, 1.165) is 61.3 Å². The van der Waals surface area contributed by atoms with E-state index in [0.29, 0.717) is 0 Å². The van der Waals surface area contributed by atoms with Crippen molar-refractivity contribution in [2.45, 2.75) is 5.41 Å². The number of furan rings is 1. The molecule has 0 radical (unpaired) electrons. The van der Waals surface area contributed by atoms with Gasteiger partial charge in [-0.15, -0.1) is 0 Å². The zero-order valence-corrected chi connectivity index (χ0v) is 38.1. The van der Waals surface area contributed by atoms with Gasteiger partial charge in [0, 0.05) is 44.0 Å². The Hall–Kier alpha value is -9.18. The van der Waals surface area contributed by atoms with Crippen molar-refractivity contribution in [2.75, 3.05) is 4.90 Å². The summed E-state index contributed by atoms with van der Waals surface area (Å²) >= 11 is 0. The summed E-state index contributed by atoms with van der Waals surface area (Å²) in [6.07, 6.45) is 0. The van der Waals surface area contributed by atoms with E-state index in [1.165, 1.54) is 72.0 Å². The summed E-state index contributed by atoms with van der Waals surface area (Å²) < 4.78 is 9.06. The number of hydrogen-bond acceptors (Lipinski definition) is 2. The summed E-state index contributed by atoms with van der Waals surface area (Å²) in [7, 11) is 0. The zero-order valence-electron chi connectivity index (χ0n) is 38.1. The van der Waals surface area contributed by atoms with Crippen LogP contribution in [0.1, 0.15) is 22.3 Å². The molecule has 1 spiro atoms. The van der Waals surface area contributed by atoms with E-state index in [2.05, 4.69) is 258 Å². The van der Waals surface area contributed by atoms with E-state index in [9.17, 15) is 0 Å². The van der Waals surface area contributed by atoms with E-state index in [-0.39, 0.29) is 0 Å². The van der Waals surface area contributed by atoms with Crippen LogP contribution in [0.3, 0.4) is 0 Å². The van der Waals surface area contributed by atoms with E-state index in [1.807, 2.05) is 6.07 Å². The number of rotatable bonds is 6. The third-order valence-electron chi connectivity index (χ3n) is 15.2. The molecule has 0 bridgehead atoms. The number of benzene rings is 11. The first kappa shape index (κ1) is 38.9. The fraction of sp³-hybridized carbons (Fsp3) is 0.0149. The van der Waals surface area contributed by atoms with Crippen LogP contribution in [-0.4, -0.2) is 4.57 Å². The molecule has 1 aliphatic heterocycles. The molecule has 15 rings (SSSR count). The van der Waals surface area contributed by atoms with Crippen molar-refractivity contribution in [1.82, 2.24) is 4.57 Å². The van der Waals surface area contributed by atoms with Gasteiger partial charge in [-0.3, -0.25) is 0 Å². The summed E-state index contributed by atoms with van der Waals surface area (Å²) in [5.74, 6) is 0. The molecule has 1 aliphatic carbocycles. The summed E-state index contributed by atoms with van der Waals surface area (Å²) in [4.78, 5) is 2.46. The van der Waals surface area contributed by atoms with E-state index in [4.69, 9.17) is 4.42 Å². The first-order valence-corrected chi connectivity index (χ1v) is 24.2. The Bertz CT molecular complexity index is 4250. The van der Waals surface area contributed by atoms with Crippen LogP contribution in [0.15, 0.2) is 259 Å². The molecule has 1 unspecified atom stereocenters. The highest BCUT2D eigenvalue weighted by atomic mass is 16.3. The van der Waals surface area contributed by atoms with Crippen molar-refractivity contribution >= 4 is 60.8 Å². The van der Waals surface area contributed by atoms with Crippen molar-refractivity contribution in [3.8, 4) is 50.2 Å². The number of hydrogen-bond donors (Lipinski definition) is 0. The SMILES string of the molecule is c1ccc(-c2cccc(-c3ccccc3N(c3ccc(-c4cccc5c4oc4ccccc45)cc3)c3ccc4c(c3)-c3ccccc3C43c4ccccc4-n4c5ccccc5c5cccc3c54)c2)cc1. The highest BCUT2D eigenvalue weighted by Gasteiger charge is 2.51. The first-order chi connectivity index (χ1) is 34.7. The van der Waals surface area contributed by atoms with Crippen LogP contribution in [0.4, 0.5) is 17.1 Å². The average molecular weight is 891 g/mol. The quantitative estimate of drug-likeness (QED) is 0.166. The topological polar surface area (TPSA) is 21.3 Å². The normalized spacial score (nSPS) is 14.3. The van der Waals surface area contributed by atoms with Crippen molar-refractivity contribution in [3.63, 3.8) is 0 Å². The lowest BCUT2D eigenvalue weighted by atomic mass is 9.65. The number of anilines is 3. The molecule has 1 atom stereocenters. The molecule has 3 heteroatoms. The number of fused-ring (bicyclic) bond motifs is 15. The molecule has 3 nitrogen and oxygen atoms in total. The summed E-state index contributed by atoms with van der Waals surface area (Å²) in [6, 6.07) is 93.6. The van der Waals surface area contributed by atoms with E-state index < -0.39 is 5.41 Å². The van der Waals surface area contributed by atoms with Gasteiger partial charge < -0.3 is 13.9 Å². The van der Waals surface area contributed by atoms with Crippen LogP contribution < -0.4 is 4.90 Å². The molecule has 326 valence electrons. The highest BCUT2D eigenvalue weighted by Crippen LogP contribution is 2.62. The number of para-hydroxylation sites is 6. The van der Waals surface area contributed by atoms with Gasteiger partial charge in [0.05, 0.1) is 27.8 Å². The predicted molar refractivity (Wildman–Crippen MR) is 290 cm³/mol. The van der Waals surface area contributed by atoms with E-state index >= 15 is 0 Å². The molecule has 0 saturated carbocycles. The Balaban J connectivity index is 0.955. The molecule has 2 aromatic heterocycles. The third kappa shape index (κ3) is 5.40. The van der Waals surface area contributed by atoms with Gasteiger partial charge in [-0.25, -0.2) is 0 Å². The molecule has 0 saturated heterocycles. The van der Waals surface area contributed by atoms with Crippen LogP contribution in [0.2, 0.25) is 0 Å². The lowest BCUT2D eigenvalue weighted by molar-refractivity contribution is 0.670. The van der Waals surface area contributed by atoms with Gasteiger partial charge in [-0.05, 0) is 110 Å². The minimum atomic E-state index is -0.537. The average Bonchev–Trinajstić information content (AvgIpc) is 4.08. The van der Waals surface area contributed by atoms with Crippen LogP contribution >= 0.6 is 0 Å². The summed E-state index contributed by atoms with van der Waals surface area (Å²) in [5, 5.41) is 4.81. The van der Waals surface area contributed by atoms with Crippen molar-refractivity contribution < 1.29 is 4.42 Å². The van der Waals surface area contributed by atoms with Crippen LogP contribution in [0.25, 0.3) is 93.9 Å². The Morgan fingerprint density at radius 1 is 0.343 bits per heavy atom. The van der Waals surface area contributed by atoms with Crippen LogP contribution in [0.5, 0.6) is 0 Å². The molecule has 70 heavy (non-hydrogen) atoms. The van der Waals surface area contributed by atoms with Crippen molar-refractivity contribution in [1.29, 1.82) is 0 Å². The standard InChI is InChI=1S/C67H42N2O/c1-2-17-43(18-3-1)45-19-14-20-46(41-45)49-21-5-10-31-61(49)68(47-37-35-44(36-38-47)50-25-15-27-55-53-24-7-13-34-64(53)70-66(50)55)48-39-40-58-56(42-48)51-22-4-8-28-57(51)67(58)59-29-9-12-33-63(59)69-62-32-11-6-23-52(62)54-26-16-30-60(67)65(54)69/h1-42H. The maximum absolute atomic E-state index is 6.54. The van der Waals surface area contributed by atoms with Gasteiger partial charge in [0.1, 0.15) is 11.2 Å². The third-order valence-corrected chi connectivity index (χ3v) is 15.2. The second kappa shape index (κ2) is 14.9. The minimum Gasteiger partial charge on any atom is -0.455 e. The van der Waals surface area contributed by atoms with E-state index in [1.54, 1.807) is 0 Å². The lowest BCUT2D eigenvalue weighted by Crippen LogP contribution is -2.33. The Labute approximate surface area is 405 Å². The van der Waals surface area contributed by atoms with Gasteiger partial charge in [0.15, 0.2) is 0 Å². The molecule has 2 aliphatic rings. The smallest absolute Gasteiger partial charge is 0.143 e. The first-order valence-electron chi connectivity index (χ1n) is 24.2. The summed E-state index contributed by atoms with van der Waals surface area (Å²) in [5.41, 5.74) is 22.8. The van der Waals surface area contributed by atoms with Crippen LogP contribution in [0, 0.1) is 0 Å². The van der Waals surface area contributed by atoms with Gasteiger partial charge in [0.2, 0.25) is 0 Å². The molecular formula is C67H42N2O. The molecule has 13 aromatic rings. The lowest BCUT2D eigenvalue weighted by Gasteiger charge is -2.39. The van der Waals surface area contributed by atoms with Gasteiger partial charge >= 0.3 is 0 Å². The van der Waals surface area contributed by atoms with Gasteiger partial charge in [-0.2, -0.15) is 0 Å². The van der Waals surface area contributed by atoms with Crippen molar-refractivity contribution in [2.24, 2.45) is 0 Å². The second-order valence-electron chi connectivity index (χ2n) is 18.7. The predicted octanol–water partition coefficient (Wildman–Crippen LogP) is 17.8. The number of nitrogens with zero attached hydrogens (tertiary/aromatic N) is 2. The maximum Gasteiger partial charge on any atom is 0.143 e. The Kier molecular flexibility index (Phi) is 8.28. The minimum absolute atomic E-state index is 0.537. The zero-order chi connectivity index (χ0) is 45.9. The molecule has 3 heterocycles. The maximum atomic E-state index is 6.54. The summed E-state index contributed by atoms with van der Waals surface area (Å²) in [6.45, 7) is 0. The van der Waals surface area contributed by atoms with Gasteiger partial charge in [-0.1, -0.05) is 200 Å². The molecule has 11 aromatic carbocycles. The molecule has 0 N–H and O–H groups in total.